The fraction of sp³-hybridized carbons (Fsp3) is 0.647. The minimum atomic E-state index is 0.734. The van der Waals surface area contributed by atoms with Crippen LogP contribution in [0.5, 0.6) is 0 Å². The van der Waals surface area contributed by atoms with Crippen LogP contribution in [0.3, 0.4) is 0 Å². The lowest BCUT2D eigenvalue weighted by molar-refractivity contribution is 0.250. The van der Waals surface area contributed by atoms with E-state index in [0.717, 1.165) is 29.9 Å². The maximum Gasteiger partial charge on any atom is 0.0305 e. The summed E-state index contributed by atoms with van der Waals surface area (Å²) >= 11 is 0. The topological polar surface area (TPSA) is 26.0 Å². The summed E-state index contributed by atoms with van der Waals surface area (Å²) in [4.78, 5) is 0. The normalized spacial score (nSPS) is 33.3. The molecule has 0 unspecified atom stereocenters. The molecule has 2 rings (SSSR count). The molecule has 1 heteroatoms. The van der Waals surface area contributed by atoms with Crippen molar-refractivity contribution in [3.63, 3.8) is 0 Å². The van der Waals surface area contributed by atoms with Gasteiger partial charge >= 0.3 is 0 Å². The van der Waals surface area contributed by atoms with Crippen molar-refractivity contribution in [2.75, 3.05) is 0 Å². The van der Waals surface area contributed by atoms with Gasteiger partial charge in [-0.25, -0.2) is 0 Å². The molecule has 2 N–H and O–H groups in total. The number of hydrogen-bond donors (Lipinski definition) is 1. The lowest BCUT2D eigenvalue weighted by atomic mass is 9.70. The predicted molar refractivity (Wildman–Crippen MR) is 79.0 cm³/mol. The van der Waals surface area contributed by atoms with Gasteiger partial charge in [-0.1, -0.05) is 32.1 Å². The average Bonchev–Trinajstić information content (AvgIpc) is 2.39. The highest BCUT2D eigenvalue weighted by molar-refractivity contribution is 5.29. The van der Waals surface area contributed by atoms with Crippen LogP contribution in [0.2, 0.25) is 0 Å². The molecule has 18 heavy (non-hydrogen) atoms. The van der Waals surface area contributed by atoms with E-state index in [4.69, 9.17) is 5.73 Å². The van der Waals surface area contributed by atoms with Crippen LogP contribution in [0.1, 0.15) is 52.4 Å². The largest absolute Gasteiger partial charge is 0.399 e. The van der Waals surface area contributed by atoms with Crippen LogP contribution in [0.25, 0.3) is 0 Å². The van der Waals surface area contributed by atoms with Crippen LogP contribution >= 0.6 is 0 Å². The van der Waals surface area contributed by atoms with E-state index in [9.17, 15) is 0 Å². The second kappa shape index (κ2) is 6.26. The second-order valence-electron chi connectivity index (χ2n) is 5.91. The van der Waals surface area contributed by atoms with Gasteiger partial charge in [0.25, 0.3) is 0 Å². The van der Waals surface area contributed by atoms with Gasteiger partial charge in [-0.2, -0.15) is 0 Å². The number of allylic oxidation sites excluding steroid dienone is 5. The minimum Gasteiger partial charge on any atom is -0.399 e. The summed E-state index contributed by atoms with van der Waals surface area (Å²) in [5.41, 5.74) is 8.76. The molecule has 0 aromatic heterocycles. The van der Waals surface area contributed by atoms with Gasteiger partial charge in [-0.3, -0.25) is 0 Å². The van der Waals surface area contributed by atoms with Gasteiger partial charge < -0.3 is 5.73 Å². The first-order valence-corrected chi connectivity index (χ1v) is 7.54. The first-order valence-electron chi connectivity index (χ1n) is 7.54. The molecule has 2 aliphatic rings. The Hall–Kier alpha value is -0.980. The number of hydrogen-bond acceptors (Lipinski definition) is 1. The van der Waals surface area contributed by atoms with Gasteiger partial charge in [0, 0.05) is 5.70 Å². The molecule has 0 aliphatic heterocycles. The van der Waals surface area contributed by atoms with Gasteiger partial charge in [-0.15, -0.1) is 0 Å². The molecule has 0 aromatic carbocycles. The third kappa shape index (κ3) is 3.07. The lowest BCUT2D eigenvalue weighted by Crippen LogP contribution is -2.24. The van der Waals surface area contributed by atoms with Gasteiger partial charge in [0.15, 0.2) is 0 Å². The summed E-state index contributed by atoms with van der Waals surface area (Å²) in [6.07, 6.45) is 16.6. The molecular formula is C17H27N. The van der Waals surface area contributed by atoms with E-state index in [0.29, 0.717) is 0 Å². The van der Waals surface area contributed by atoms with Crippen molar-refractivity contribution < 1.29 is 0 Å². The van der Waals surface area contributed by atoms with Crippen molar-refractivity contribution in [1.82, 2.24) is 0 Å². The number of nitrogens with two attached hydrogens (primary N) is 1. The molecule has 2 aliphatic carbocycles. The van der Waals surface area contributed by atoms with E-state index in [2.05, 4.69) is 38.2 Å². The van der Waals surface area contributed by atoms with Gasteiger partial charge in [-0.05, 0) is 67.9 Å². The molecule has 1 fully saturated rings. The molecule has 0 spiro atoms. The van der Waals surface area contributed by atoms with E-state index in [1.165, 1.54) is 32.1 Å². The second-order valence-corrected chi connectivity index (χ2v) is 5.91. The van der Waals surface area contributed by atoms with E-state index < -0.39 is 0 Å². The zero-order valence-corrected chi connectivity index (χ0v) is 11.9. The standard InChI is InChI=1S/C17H27N/c1-3-4-7-14-12-15(11-10-13(14)2)16-8-5-6-9-17(16)18/h4,6-7,9,13-15H,3,5,8,10-12,18H2,1-2H3/b7-4+/t13-,14+,15+/m0/s1. The van der Waals surface area contributed by atoms with Crippen molar-refractivity contribution in [2.24, 2.45) is 23.5 Å². The summed E-state index contributed by atoms with van der Waals surface area (Å²) < 4.78 is 0. The maximum absolute atomic E-state index is 6.16. The van der Waals surface area contributed by atoms with E-state index >= 15 is 0 Å². The molecule has 0 radical (unpaired) electrons. The fourth-order valence-electron chi connectivity index (χ4n) is 3.39. The molecule has 0 bridgehead atoms. The van der Waals surface area contributed by atoms with Crippen LogP contribution in [0, 0.1) is 17.8 Å². The quantitative estimate of drug-likeness (QED) is 0.724. The third-order valence-corrected chi connectivity index (χ3v) is 4.62. The van der Waals surface area contributed by atoms with Gasteiger partial charge in [0.2, 0.25) is 0 Å². The minimum absolute atomic E-state index is 0.734. The van der Waals surface area contributed by atoms with E-state index in [-0.39, 0.29) is 0 Å². The van der Waals surface area contributed by atoms with E-state index in [1.807, 2.05) is 0 Å². The molecule has 100 valence electrons. The summed E-state index contributed by atoms with van der Waals surface area (Å²) in [6, 6.07) is 0. The fourth-order valence-corrected chi connectivity index (χ4v) is 3.39. The first kappa shape index (κ1) is 13.5. The van der Waals surface area contributed by atoms with Crippen molar-refractivity contribution in [3.8, 4) is 0 Å². The first-order chi connectivity index (χ1) is 8.72. The van der Waals surface area contributed by atoms with Crippen LogP contribution in [-0.4, -0.2) is 0 Å². The Morgan fingerprint density at radius 2 is 2.22 bits per heavy atom. The van der Waals surface area contributed by atoms with Crippen LogP contribution < -0.4 is 5.73 Å². The molecule has 3 atom stereocenters. The molecule has 0 amide bonds. The van der Waals surface area contributed by atoms with E-state index in [1.54, 1.807) is 5.57 Å². The monoisotopic (exact) mass is 245 g/mol. The Kier molecular flexibility index (Phi) is 4.68. The SMILES string of the molecule is CC/C=C/[C@@H]1C[C@H](C2=C(N)C=CCC2)CC[C@@H]1C. The lowest BCUT2D eigenvalue weighted by Gasteiger charge is -2.35. The zero-order valence-electron chi connectivity index (χ0n) is 11.9. The van der Waals surface area contributed by atoms with Crippen LogP contribution in [-0.2, 0) is 0 Å². The molecule has 0 saturated heterocycles. The molecule has 0 aromatic rings. The zero-order chi connectivity index (χ0) is 13.0. The highest BCUT2D eigenvalue weighted by atomic mass is 14.6. The van der Waals surface area contributed by atoms with Crippen molar-refractivity contribution >= 4 is 0 Å². The Bertz CT molecular complexity index is 362. The van der Waals surface area contributed by atoms with Crippen LogP contribution in [0.4, 0.5) is 0 Å². The Balaban J connectivity index is 2.07. The maximum atomic E-state index is 6.16. The summed E-state index contributed by atoms with van der Waals surface area (Å²) in [5, 5.41) is 0. The summed E-state index contributed by atoms with van der Waals surface area (Å²) in [7, 11) is 0. The molecular weight excluding hydrogens is 218 g/mol. The van der Waals surface area contributed by atoms with Crippen molar-refractivity contribution in [2.45, 2.75) is 52.4 Å². The van der Waals surface area contributed by atoms with Crippen molar-refractivity contribution in [1.29, 1.82) is 0 Å². The summed E-state index contributed by atoms with van der Waals surface area (Å²) in [5.74, 6) is 2.33. The van der Waals surface area contributed by atoms with Gasteiger partial charge in [0.05, 0.1) is 0 Å². The van der Waals surface area contributed by atoms with Gasteiger partial charge in [0.1, 0.15) is 0 Å². The third-order valence-electron chi connectivity index (χ3n) is 4.62. The van der Waals surface area contributed by atoms with Crippen molar-refractivity contribution in [3.05, 3.63) is 35.6 Å². The molecule has 1 nitrogen and oxygen atoms in total. The summed E-state index contributed by atoms with van der Waals surface area (Å²) in [6.45, 7) is 4.62. The smallest absolute Gasteiger partial charge is 0.0305 e. The Morgan fingerprint density at radius 1 is 1.39 bits per heavy atom. The van der Waals surface area contributed by atoms with Crippen LogP contribution in [0.15, 0.2) is 35.6 Å². The highest BCUT2D eigenvalue weighted by Crippen LogP contribution is 2.40. The predicted octanol–water partition coefficient (Wildman–Crippen LogP) is 4.57. The number of rotatable bonds is 3. The Labute approximate surface area is 112 Å². The molecule has 1 saturated carbocycles. The Morgan fingerprint density at radius 3 is 2.94 bits per heavy atom. The molecule has 0 heterocycles. The highest BCUT2D eigenvalue weighted by Gasteiger charge is 2.29. The average molecular weight is 245 g/mol.